The average Bonchev–Trinajstić information content (AvgIpc) is 2.91. The molecule has 2 saturated heterocycles. The molecule has 2 aliphatic rings. The highest BCUT2D eigenvalue weighted by atomic mass is 16.5. The molecule has 2 N–H and O–H groups in total. The summed E-state index contributed by atoms with van der Waals surface area (Å²) in [4.78, 5) is 0. The van der Waals surface area contributed by atoms with Gasteiger partial charge in [-0.15, -0.1) is 0 Å². The Bertz CT molecular complexity index is 989. The number of nitrogens with zero attached hydrogens (tertiary/aromatic N) is 2. The third-order valence-electron chi connectivity index (χ3n) is 5.25. The molecule has 0 amide bonds. The molecule has 2 aliphatic heterocycles. The second-order valence-corrected chi connectivity index (χ2v) is 7.75. The van der Waals surface area contributed by atoms with Gasteiger partial charge in [-0.05, 0) is 37.1 Å². The molecule has 9 heteroatoms. The zero-order valence-corrected chi connectivity index (χ0v) is 20.1. The largest absolute Gasteiger partial charge is 0.504 e. The fraction of sp³-hybridized carbons (Fsp3) is 0.481. The molecule has 2 aromatic rings. The molecule has 0 atom stereocenters. The van der Waals surface area contributed by atoms with Crippen molar-refractivity contribution in [3.05, 3.63) is 47.5 Å². The third kappa shape index (κ3) is 10.4. The molecule has 0 aromatic heterocycles. The van der Waals surface area contributed by atoms with Crippen LogP contribution in [0.3, 0.4) is 0 Å². The van der Waals surface area contributed by atoms with Gasteiger partial charge < -0.3 is 33.9 Å². The van der Waals surface area contributed by atoms with E-state index in [0.717, 1.165) is 52.1 Å². The number of nitriles is 2. The molecule has 0 radical (unpaired) electrons. The van der Waals surface area contributed by atoms with E-state index in [-0.39, 0.29) is 25.4 Å². The van der Waals surface area contributed by atoms with E-state index >= 15 is 0 Å². The van der Waals surface area contributed by atoms with Crippen LogP contribution >= 0.6 is 0 Å². The van der Waals surface area contributed by atoms with Crippen LogP contribution in [0, 0.1) is 22.7 Å². The molecule has 0 spiro atoms. The second kappa shape index (κ2) is 17.0. The summed E-state index contributed by atoms with van der Waals surface area (Å²) in [6, 6.07) is 13.7. The summed E-state index contributed by atoms with van der Waals surface area (Å²) >= 11 is 0. The molecule has 196 valence electrons. The van der Waals surface area contributed by atoms with Gasteiger partial charge >= 0.3 is 0 Å². The van der Waals surface area contributed by atoms with Gasteiger partial charge in [0.25, 0.3) is 0 Å². The molecule has 9 nitrogen and oxygen atoms in total. The molecule has 2 aromatic carbocycles. The van der Waals surface area contributed by atoms with Crippen molar-refractivity contribution in [1.29, 1.82) is 10.5 Å². The highest BCUT2D eigenvalue weighted by Gasteiger charge is 2.17. The lowest BCUT2D eigenvalue weighted by molar-refractivity contribution is 0.0140. The SMILES string of the molecule is C.COc1cc(C#N)ccc1O.COc1cc(C#N)ccc1OC1CCOCC1.OC1CCOCC1. The average molecular weight is 501 g/mol. The molecular formula is C27H36N2O7. The van der Waals surface area contributed by atoms with Gasteiger partial charge in [0.2, 0.25) is 0 Å². The standard InChI is InChI=1S/C13H15NO3.C8H7NO2.C5H10O2.CH4/c1-15-13-8-10(9-14)2-3-12(13)17-11-4-6-16-7-5-11;1-11-8-4-6(5-9)2-3-7(8)10;6-5-1-3-7-4-2-5;/h2-3,8,11H,4-7H2,1H3;2-4,10H,1H3;5-6H,1-4H2;1H4. The molecule has 0 aliphatic carbocycles. The van der Waals surface area contributed by atoms with Gasteiger partial charge in [-0.3, -0.25) is 0 Å². The summed E-state index contributed by atoms with van der Waals surface area (Å²) in [5, 5.41) is 35.2. The van der Waals surface area contributed by atoms with Gasteiger partial charge in [0, 0.05) is 38.2 Å². The predicted octanol–water partition coefficient (Wildman–Crippen LogP) is 4.19. The van der Waals surface area contributed by atoms with Crippen molar-refractivity contribution in [2.45, 2.75) is 45.3 Å². The maximum Gasteiger partial charge on any atom is 0.162 e. The Morgan fingerprint density at radius 2 is 1.28 bits per heavy atom. The van der Waals surface area contributed by atoms with E-state index in [1.807, 2.05) is 6.07 Å². The van der Waals surface area contributed by atoms with Gasteiger partial charge in [0.15, 0.2) is 23.0 Å². The molecule has 2 fully saturated rings. The topological polar surface area (TPSA) is 134 Å². The highest BCUT2D eigenvalue weighted by Crippen LogP contribution is 2.30. The van der Waals surface area contributed by atoms with Crippen LogP contribution in [-0.4, -0.2) is 63.1 Å². The van der Waals surface area contributed by atoms with Crippen molar-refractivity contribution in [3.63, 3.8) is 0 Å². The first-order chi connectivity index (χ1) is 17.0. The zero-order chi connectivity index (χ0) is 25.5. The minimum Gasteiger partial charge on any atom is -0.504 e. The lowest BCUT2D eigenvalue weighted by Gasteiger charge is -2.24. The monoisotopic (exact) mass is 500 g/mol. The van der Waals surface area contributed by atoms with Crippen LogP contribution in [0.25, 0.3) is 0 Å². The van der Waals surface area contributed by atoms with E-state index in [1.165, 1.54) is 25.3 Å². The van der Waals surface area contributed by atoms with Gasteiger partial charge in [-0.1, -0.05) is 7.43 Å². The number of aliphatic hydroxyl groups excluding tert-OH is 1. The van der Waals surface area contributed by atoms with E-state index in [0.29, 0.717) is 28.4 Å². The van der Waals surface area contributed by atoms with E-state index in [2.05, 4.69) is 6.07 Å². The lowest BCUT2D eigenvalue weighted by atomic mass is 10.1. The summed E-state index contributed by atoms with van der Waals surface area (Å²) < 4.78 is 26.1. The van der Waals surface area contributed by atoms with Crippen LogP contribution in [0.5, 0.6) is 23.0 Å². The maximum atomic E-state index is 9.10. The first kappa shape index (κ1) is 30.5. The highest BCUT2D eigenvalue weighted by molar-refractivity contribution is 5.47. The van der Waals surface area contributed by atoms with Crippen LogP contribution < -0.4 is 14.2 Å². The smallest absolute Gasteiger partial charge is 0.162 e. The molecular weight excluding hydrogens is 464 g/mol. The van der Waals surface area contributed by atoms with Crippen molar-refractivity contribution >= 4 is 0 Å². The van der Waals surface area contributed by atoms with Crippen LogP contribution in [0.2, 0.25) is 0 Å². The number of methoxy groups -OCH3 is 2. The first-order valence-electron chi connectivity index (χ1n) is 11.4. The van der Waals surface area contributed by atoms with Crippen LogP contribution in [0.4, 0.5) is 0 Å². The van der Waals surface area contributed by atoms with Gasteiger partial charge in [0.05, 0.1) is 56.8 Å². The summed E-state index contributed by atoms with van der Waals surface area (Å²) in [5.74, 6) is 1.67. The van der Waals surface area contributed by atoms with Gasteiger partial charge in [0.1, 0.15) is 6.10 Å². The van der Waals surface area contributed by atoms with Crippen LogP contribution in [0.1, 0.15) is 44.2 Å². The number of rotatable bonds is 4. The first-order valence-corrected chi connectivity index (χ1v) is 11.4. The lowest BCUT2D eigenvalue weighted by Crippen LogP contribution is -2.26. The number of aliphatic hydroxyl groups is 1. The van der Waals surface area contributed by atoms with Crippen LogP contribution in [-0.2, 0) is 9.47 Å². The Morgan fingerprint density at radius 1 is 0.778 bits per heavy atom. The number of hydrogen-bond acceptors (Lipinski definition) is 9. The van der Waals surface area contributed by atoms with Gasteiger partial charge in [-0.25, -0.2) is 0 Å². The molecule has 0 saturated carbocycles. The van der Waals surface area contributed by atoms with Crippen molar-refractivity contribution in [2.75, 3.05) is 40.6 Å². The van der Waals surface area contributed by atoms with Crippen molar-refractivity contribution < 1.29 is 33.9 Å². The number of phenols is 1. The van der Waals surface area contributed by atoms with Crippen molar-refractivity contribution in [2.24, 2.45) is 0 Å². The summed E-state index contributed by atoms with van der Waals surface area (Å²) in [5.41, 5.74) is 1.04. The quantitative estimate of drug-likeness (QED) is 0.633. The minimum atomic E-state index is -0.0891. The van der Waals surface area contributed by atoms with Crippen molar-refractivity contribution in [3.8, 4) is 35.1 Å². The molecule has 4 rings (SSSR count). The van der Waals surface area contributed by atoms with E-state index < -0.39 is 0 Å². The summed E-state index contributed by atoms with van der Waals surface area (Å²) in [6.45, 7) is 2.95. The molecule has 0 unspecified atom stereocenters. The number of hydrogen-bond donors (Lipinski definition) is 2. The molecule has 36 heavy (non-hydrogen) atoms. The minimum absolute atomic E-state index is 0. The second-order valence-electron chi connectivity index (χ2n) is 7.75. The third-order valence-corrected chi connectivity index (χ3v) is 5.25. The Hall–Kier alpha value is -3.50. The Morgan fingerprint density at radius 3 is 1.75 bits per heavy atom. The fourth-order valence-corrected chi connectivity index (χ4v) is 3.24. The molecule has 2 heterocycles. The maximum absolute atomic E-state index is 9.10. The van der Waals surface area contributed by atoms with Crippen LogP contribution in [0.15, 0.2) is 36.4 Å². The number of benzene rings is 2. The van der Waals surface area contributed by atoms with Gasteiger partial charge in [-0.2, -0.15) is 10.5 Å². The zero-order valence-electron chi connectivity index (χ0n) is 20.1. The number of ether oxygens (including phenoxy) is 5. The fourth-order valence-electron chi connectivity index (χ4n) is 3.24. The Balaban J connectivity index is 0.000000293. The number of aromatic hydroxyl groups is 1. The summed E-state index contributed by atoms with van der Waals surface area (Å²) in [7, 11) is 3.02. The van der Waals surface area contributed by atoms with E-state index in [9.17, 15) is 0 Å². The Kier molecular flexibility index (Phi) is 14.4. The predicted molar refractivity (Wildman–Crippen MR) is 134 cm³/mol. The molecule has 0 bridgehead atoms. The summed E-state index contributed by atoms with van der Waals surface area (Å²) in [6.07, 6.45) is 3.51. The van der Waals surface area contributed by atoms with Crippen molar-refractivity contribution in [1.82, 2.24) is 0 Å². The Labute approximate surface area is 213 Å². The van der Waals surface area contributed by atoms with E-state index in [4.69, 9.17) is 44.4 Å². The normalized spacial score (nSPS) is 15.2. The number of phenolic OH excluding ortho intramolecular Hbond substituents is 1. The van der Waals surface area contributed by atoms with E-state index in [1.54, 1.807) is 25.3 Å².